The quantitative estimate of drug-likeness (QED) is 0.402. The van der Waals surface area contributed by atoms with Gasteiger partial charge in [-0.05, 0) is 31.4 Å². The summed E-state index contributed by atoms with van der Waals surface area (Å²) in [7, 11) is 1.61. The van der Waals surface area contributed by atoms with Gasteiger partial charge in [0, 0.05) is 42.8 Å². The Morgan fingerprint density at radius 3 is 2.80 bits per heavy atom. The molecule has 9 nitrogen and oxygen atoms in total. The van der Waals surface area contributed by atoms with E-state index in [1.807, 2.05) is 12.1 Å². The van der Waals surface area contributed by atoms with E-state index in [4.69, 9.17) is 15.5 Å². The van der Waals surface area contributed by atoms with Crippen molar-refractivity contribution in [2.45, 2.75) is 38.0 Å². The first-order chi connectivity index (χ1) is 19.3. The van der Waals surface area contributed by atoms with Gasteiger partial charge in [-0.3, -0.25) is 9.20 Å². The van der Waals surface area contributed by atoms with Gasteiger partial charge in [-0.2, -0.15) is 8.78 Å². The Balaban J connectivity index is 1.18. The third kappa shape index (κ3) is 3.80. The number of nitrogens with two attached hydrogens (primary N) is 1. The average Bonchev–Trinajstić information content (AvgIpc) is 3.47. The van der Waals surface area contributed by atoms with Crippen LogP contribution in [0.15, 0.2) is 48.4 Å². The lowest BCUT2D eigenvalue weighted by Gasteiger charge is -2.47. The van der Waals surface area contributed by atoms with Crippen LogP contribution in [0.25, 0.3) is 16.6 Å². The molecule has 0 radical (unpaired) electrons. The summed E-state index contributed by atoms with van der Waals surface area (Å²) in [5.74, 6) is -0.447. The van der Waals surface area contributed by atoms with Crippen LogP contribution in [0.3, 0.4) is 0 Å². The Hall–Kier alpha value is -4.19. The fraction of sp³-hybridized carbons (Fsp3) is 0.357. The maximum Gasteiger partial charge on any atom is 0.269 e. The zero-order chi connectivity index (χ0) is 27.7. The highest BCUT2D eigenvalue weighted by atomic mass is 19.3. The van der Waals surface area contributed by atoms with Crippen molar-refractivity contribution in [1.82, 2.24) is 24.3 Å². The molecule has 0 spiro atoms. The van der Waals surface area contributed by atoms with E-state index >= 15 is 4.39 Å². The molecule has 3 atom stereocenters. The number of hydrogen-bond donors (Lipinski definition) is 1. The van der Waals surface area contributed by atoms with E-state index in [9.17, 15) is 13.6 Å². The largest absolute Gasteiger partial charge is 0.382 e. The number of rotatable bonds is 3. The number of nitrogen functional groups attached to an aromatic ring is 1. The van der Waals surface area contributed by atoms with Gasteiger partial charge in [0.1, 0.15) is 23.0 Å². The van der Waals surface area contributed by atoms with Gasteiger partial charge in [-0.1, -0.05) is 6.07 Å². The molecule has 12 heteroatoms. The van der Waals surface area contributed by atoms with Gasteiger partial charge in [0.05, 0.1) is 54.1 Å². The number of piperidine rings is 2. The fourth-order valence-electron chi connectivity index (χ4n) is 6.41. The molecule has 1 amide bonds. The normalized spacial score (nSPS) is 22.1. The Bertz CT molecular complexity index is 1720. The molecule has 6 heterocycles. The number of benzene rings is 1. The van der Waals surface area contributed by atoms with Gasteiger partial charge in [0.25, 0.3) is 12.0 Å². The van der Waals surface area contributed by atoms with Crippen molar-refractivity contribution in [2.24, 2.45) is 5.92 Å². The van der Waals surface area contributed by atoms with Crippen LogP contribution < -0.4 is 10.6 Å². The average molecular weight is 550 g/mol. The standard InChI is InChI=1S/C28H26F3N7O2/c1-36(28(39)18-7-22-20(8-19(18)29)35-27(32)23-9-33-13-38(22)23)24-12-40-11-21-16(24)4-5-25(34-21)37-10-14-2-3-15(37)6-17(14)26(30)31/h4-5,7-9,13-15,24H,2-3,6,10-12H2,1H3,(H2,32,35)/t14-,15+,24?/m1/s1. The van der Waals surface area contributed by atoms with E-state index in [0.29, 0.717) is 35.2 Å². The number of halogens is 3. The van der Waals surface area contributed by atoms with Gasteiger partial charge in [0.2, 0.25) is 0 Å². The number of aromatic nitrogens is 4. The molecule has 3 aliphatic heterocycles. The van der Waals surface area contributed by atoms with Crippen molar-refractivity contribution in [3.63, 3.8) is 0 Å². The van der Waals surface area contributed by atoms with Crippen LogP contribution in [-0.2, 0) is 11.3 Å². The summed E-state index contributed by atoms with van der Waals surface area (Å²) in [4.78, 5) is 30.4. The summed E-state index contributed by atoms with van der Waals surface area (Å²) in [5.41, 5.74) is 9.02. The van der Waals surface area contributed by atoms with Gasteiger partial charge in [-0.25, -0.2) is 19.3 Å². The molecule has 1 unspecified atom stereocenters. The number of nitrogens with zero attached hydrogens (tertiary/aromatic N) is 6. The molecular formula is C28H26F3N7O2. The fourth-order valence-corrected chi connectivity index (χ4v) is 6.41. The zero-order valence-electron chi connectivity index (χ0n) is 21.6. The molecule has 1 saturated carbocycles. The van der Waals surface area contributed by atoms with Gasteiger partial charge < -0.3 is 20.3 Å². The molecule has 3 fully saturated rings. The van der Waals surface area contributed by atoms with Crippen LogP contribution in [0.4, 0.5) is 24.8 Å². The summed E-state index contributed by atoms with van der Waals surface area (Å²) in [6.07, 6.45) is 3.51. The molecule has 2 bridgehead atoms. The molecule has 8 rings (SSSR count). The number of carbonyl (C=O) groups is 1. The number of anilines is 2. The highest BCUT2D eigenvalue weighted by molar-refractivity contribution is 5.98. The van der Waals surface area contributed by atoms with E-state index in [1.165, 1.54) is 17.0 Å². The van der Waals surface area contributed by atoms with E-state index in [-0.39, 0.29) is 42.1 Å². The second-order valence-corrected chi connectivity index (χ2v) is 10.7. The van der Waals surface area contributed by atoms with Crippen LogP contribution in [-0.4, -0.2) is 56.4 Å². The molecule has 3 aromatic heterocycles. The van der Waals surface area contributed by atoms with E-state index in [2.05, 4.69) is 14.9 Å². The van der Waals surface area contributed by atoms with Crippen molar-refractivity contribution in [2.75, 3.05) is 30.8 Å². The van der Waals surface area contributed by atoms with Crippen molar-refractivity contribution < 1.29 is 22.7 Å². The number of pyridine rings is 1. The number of ether oxygens (including phenoxy) is 1. The van der Waals surface area contributed by atoms with Crippen molar-refractivity contribution >= 4 is 34.1 Å². The predicted molar refractivity (Wildman–Crippen MR) is 141 cm³/mol. The summed E-state index contributed by atoms with van der Waals surface area (Å²) in [6, 6.07) is 5.96. The smallest absolute Gasteiger partial charge is 0.269 e. The van der Waals surface area contributed by atoms with Crippen LogP contribution in [0.2, 0.25) is 0 Å². The maximum atomic E-state index is 15.2. The van der Waals surface area contributed by atoms with Crippen LogP contribution in [0, 0.1) is 11.7 Å². The number of likely N-dealkylation sites (N-methyl/N-ethyl adjacent to an activating group) is 1. The Morgan fingerprint density at radius 2 is 2.02 bits per heavy atom. The highest BCUT2D eigenvalue weighted by Gasteiger charge is 2.40. The second-order valence-electron chi connectivity index (χ2n) is 10.7. The molecule has 1 aliphatic carbocycles. The number of carbonyl (C=O) groups excluding carboxylic acids is 1. The van der Waals surface area contributed by atoms with Gasteiger partial charge >= 0.3 is 0 Å². The molecule has 1 aromatic carbocycles. The minimum absolute atomic E-state index is 0.0145. The highest BCUT2D eigenvalue weighted by Crippen LogP contribution is 2.43. The van der Waals surface area contributed by atoms with Crippen LogP contribution in [0.5, 0.6) is 0 Å². The molecular weight excluding hydrogens is 523 g/mol. The molecule has 40 heavy (non-hydrogen) atoms. The first-order valence-electron chi connectivity index (χ1n) is 13.2. The van der Waals surface area contributed by atoms with Gasteiger partial charge in [0.15, 0.2) is 0 Å². The van der Waals surface area contributed by atoms with E-state index in [1.54, 1.807) is 24.0 Å². The summed E-state index contributed by atoms with van der Waals surface area (Å²) in [6.45, 7) is 1.01. The lowest BCUT2D eigenvalue weighted by molar-refractivity contribution is 0.0328. The van der Waals surface area contributed by atoms with Crippen LogP contribution in [0.1, 0.15) is 46.9 Å². The Kier molecular flexibility index (Phi) is 5.70. The summed E-state index contributed by atoms with van der Waals surface area (Å²) >= 11 is 0. The number of hydrogen-bond acceptors (Lipinski definition) is 7. The SMILES string of the molecule is CN(C(=O)c1cc2c(cc1F)nc(N)c1cncn12)C1COCc2nc(N3C[C@H]4CC[C@H]3CC4=C(F)F)ccc21. The number of amides is 1. The summed E-state index contributed by atoms with van der Waals surface area (Å²) < 4.78 is 49.4. The molecule has 4 aromatic rings. The number of fused-ring (bicyclic) bond motifs is 7. The minimum atomic E-state index is -1.55. The van der Waals surface area contributed by atoms with Gasteiger partial charge in [-0.15, -0.1) is 0 Å². The first-order valence-corrected chi connectivity index (χ1v) is 13.2. The molecule has 2 saturated heterocycles. The topological polar surface area (TPSA) is 102 Å². The maximum absolute atomic E-state index is 15.2. The van der Waals surface area contributed by atoms with Crippen molar-refractivity contribution in [3.05, 3.63) is 71.1 Å². The lowest BCUT2D eigenvalue weighted by Crippen LogP contribution is -2.50. The van der Waals surface area contributed by atoms with E-state index < -0.39 is 23.8 Å². The first kappa shape index (κ1) is 24.8. The molecule has 2 N–H and O–H groups in total. The lowest BCUT2D eigenvalue weighted by atomic mass is 9.76. The molecule has 206 valence electrons. The third-order valence-electron chi connectivity index (χ3n) is 8.54. The molecule has 4 aliphatic rings. The zero-order valence-corrected chi connectivity index (χ0v) is 21.6. The second kappa shape index (κ2) is 9.19. The van der Waals surface area contributed by atoms with Crippen molar-refractivity contribution in [1.29, 1.82) is 0 Å². The number of imidazole rings is 1. The monoisotopic (exact) mass is 549 g/mol. The Labute approximate surface area is 227 Å². The van der Waals surface area contributed by atoms with Crippen LogP contribution >= 0.6 is 0 Å². The third-order valence-corrected chi connectivity index (χ3v) is 8.54. The summed E-state index contributed by atoms with van der Waals surface area (Å²) in [5, 5.41) is 0. The minimum Gasteiger partial charge on any atom is -0.382 e. The predicted octanol–water partition coefficient (Wildman–Crippen LogP) is 4.48. The Morgan fingerprint density at radius 1 is 1.18 bits per heavy atom. The van der Waals surface area contributed by atoms with E-state index in [0.717, 1.165) is 24.2 Å². The van der Waals surface area contributed by atoms with Crippen molar-refractivity contribution in [3.8, 4) is 0 Å².